The Labute approximate surface area is 97.1 Å². The third-order valence-corrected chi connectivity index (χ3v) is 2.24. The molecule has 3 heteroatoms. The molecule has 0 heterocycles. The van der Waals surface area contributed by atoms with Crippen molar-refractivity contribution < 1.29 is 0 Å². The van der Waals surface area contributed by atoms with Crippen LogP contribution in [0.5, 0.6) is 0 Å². The minimum Gasteiger partial charge on any atom is -0.323 e. The van der Waals surface area contributed by atoms with Gasteiger partial charge in [0.2, 0.25) is 0 Å². The molecule has 0 aromatic heterocycles. The van der Waals surface area contributed by atoms with Crippen molar-refractivity contribution >= 4 is 11.9 Å². The third kappa shape index (κ3) is 3.85. The fourth-order valence-corrected chi connectivity index (χ4v) is 1.24. The largest absolute Gasteiger partial charge is 0.323 e. The van der Waals surface area contributed by atoms with Gasteiger partial charge in [-0.15, -0.1) is 0 Å². The van der Waals surface area contributed by atoms with Gasteiger partial charge in [0.25, 0.3) is 0 Å². The van der Waals surface area contributed by atoms with Crippen LogP contribution >= 0.6 is 0 Å². The first-order valence-corrected chi connectivity index (χ1v) is 5.36. The minimum absolute atomic E-state index is 0.0606. The van der Waals surface area contributed by atoms with Gasteiger partial charge in [0.05, 0.1) is 12.3 Å². The Balaban J connectivity index is 2.62. The van der Waals surface area contributed by atoms with Gasteiger partial charge in [-0.3, -0.25) is 4.99 Å². The summed E-state index contributed by atoms with van der Waals surface area (Å²) in [6, 6.07) is 10.1. The van der Waals surface area contributed by atoms with Crippen LogP contribution in [0.4, 0.5) is 0 Å². The lowest BCUT2D eigenvalue weighted by Gasteiger charge is -2.16. The van der Waals surface area contributed by atoms with E-state index in [1.165, 1.54) is 5.56 Å². The molecule has 16 heavy (non-hydrogen) atoms. The summed E-state index contributed by atoms with van der Waals surface area (Å²) in [5.74, 6) is 5.34. The summed E-state index contributed by atoms with van der Waals surface area (Å²) in [4.78, 5) is 4.34. The van der Waals surface area contributed by atoms with Gasteiger partial charge in [-0.1, -0.05) is 51.1 Å². The fourth-order valence-electron chi connectivity index (χ4n) is 1.24. The topological polar surface area (TPSA) is 50.7 Å². The van der Waals surface area contributed by atoms with Crippen LogP contribution in [0.15, 0.2) is 40.4 Å². The van der Waals surface area contributed by atoms with Crippen LogP contribution in [0.3, 0.4) is 0 Å². The first-order valence-electron chi connectivity index (χ1n) is 5.36. The van der Waals surface area contributed by atoms with E-state index in [4.69, 9.17) is 5.84 Å². The maximum Gasteiger partial charge on any atom is 0.0831 e. The number of nitrogens with zero attached hydrogens (tertiary/aromatic N) is 2. The lowest BCUT2D eigenvalue weighted by molar-refractivity contribution is 0.596. The second-order valence-corrected chi connectivity index (χ2v) is 4.72. The normalized spacial score (nSPS) is 13.3. The summed E-state index contributed by atoms with van der Waals surface area (Å²) in [5, 5.41) is 3.76. The van der Waals surface area contributed by atoms with E-state index in [1.807, 2.05) is 30.3 Å². The highest BCUT2D eigenvalue weighted by Crippen LogP contribution is 2.14. The zero-order chi connectivity index (χ0) is 12.0. The Morgan fingerprint density at radius 2 is 1.88 bits per heavy atom. The Morgan fingerprint density at radius 3 is 2.38 bits per heavy atom. The van der Waals surface area contributed by atoms with Gasteiger partial charge in [-0.25, -0.2) is 0 Å². The SMILES string of the molecule is CC(C)(C)/C(C=NCc1ccccc1)=N/N. The molecule has 0 radical (unpaired) electrons. The molecule has 3 nitrogen and oxygen atoms in total. The van der Waals surface area contributed by atoms with E-state index in [1.54, 1.807) is 6.21 Å². The fraction of sp³-hybridized carbons (Fsp3) is 0.385. The number of aliphatic imine (C=N–C) groups is 1. The maximum absolute atomic E-state index is 5.34. The predicted octanol–water partition coefficient (Wildman–Crippen LogP) is 2.62. The summed E-state index contributed by atoms with van der Waals surface area (Å²) in [7, 11) is 0. The van der Waals surface area contributed by atoms with E-state index in [9.17, 15) is 0 Å². The molecule has 0 saturated carbocycles. The molecule has 0 unspecified atom stereocenters. The van der Waals surface area contributed by atoms with Crippen molar-refractivity contribution in [3.63, 3.8) is 0 Å². The molecule has 0 fully saturated rings. The van der Waals surface area contributed by atoms with Gasteiger partial charge in [0.15, 0.2) is 0 Å². The van der Waals surface area contributed by atoms with E-state index >= 15 is 0 Å². The van der Waals surface area contributed by atoms with Gasteiger partial charge in [-0.05, 0) is 5.56 Å². The van der Waals surface area contributed by atoms with Crippen molar-refractivity contribution in [3.8, 4) is 0 Å². The van der Waals surface area contributed by atoms with E-state index in [-0.39, 0.29) is 5.41 Å². The molecule has 0 spiro atoms. The smallest absolute Gasteiger partial charge is 0.0831 e. The Morgan fingerprint density at radius 1 is 1.25 bits per heavy atom. The van der Waals surface area contributed by atoms with Crippen LogP contribution in [-0.4, -0.2) is 11.9 Å². The highest BCUT2D eigenvalue weighted by atomic mass is 15.1. The van der Waals surface area contributed by atoms with Crippen molar-refractivity contribution in [3.05, 3.63) is 35.9 Å². The molecule has 0 aliphatic heterocycles. The molecular formula is C13H19N3. The molecule has 0 amide bonds. The van der Waals surface area contributed by atoms with Crippen LogP contribution in [0.2, 0.25) is 0 Å². The molecule has 1 aromatic rings. The standard InChI is InChI=1S/C13H19N3/c1-13(2,3)12(16-14)10-15-9-11-7-5-4-6-8-11/h4-8,10H,9,14H2,1-3H3/b15-10?,16-12+. The van der Waals surface area contributed by atoms with E-state index < -0.39 is 0 Å². The van der Waals surface area contributed by atoms with Gasteiger partial charge in [0.1, 0.15) is 0 Å². The number of hydrazone groups is 1. The van der Waals surface area contributed by atoms with Crippen LogP contribution < -0.4 is 5.84 Å². The quantitative estimate of drug-likeness (QED) is 0.472. The first-order chi connectivity index (χ1) is 7.54. The number of hydrogen-bond acceptors (Lipinski definition) is 3. The number of benzene rings is 1. The van der Waals surface area contributed by atoms with E-state index in [0.717, 1.165) is 5.71 Å². The lowest BCUT2D eigenvalue weighted by atomic mass is 9.91. The first kappa shape index (κ1) is 12.4. The zero-order valence-electron chi connectivity index (χ0n) is 10.1. The summed E-state index contributed by atoms with van der Waals surface area (Å²) < 4.78 is 0. The van der Waals surface area contributed by atoms with Crippen LogP contribution in [0.25, 0.3) is 0 Å². The van der Waals surface area contributed by atoms with E-state index in [2.05, 4.69) is 30.9 Å². The zero-order valence-corrected chi connectivity index (χ0v) is 10.1. The monoisotopic (exact) mass is 217 g/mol. The van der Waals surface area contributed by atoms with Crippen molar-refractivity contribution in [2.24, 2.45) is 21.4 Å². The summed E-state index contributed by atoms with van der Waals surface area (Å²) in [6.45, 7) is 6.85. The minimum atomic E-state index is -0.0606. The maximum atomic E-state index is 5.34. The summed E-state index contributed by atoms with van der Waals surface area (Å²) in [6.07, 6.45) is 1.76. The molecule has 0 bridgehead atoms. The molecule has 1 rings (SSSR count). The number of nitrogens with two attached hydrogens (primary N) is 1. The number of hydrogen-bond donors (Lipinski definition) is 1. The highest BCUT2D eigenvalue weighted by molar-refractivity contribution is 6.32. The second-order valence-electron chi connectivity index (χ2n) is 4.72. The Kier molecular flexibility index (Phi) is 4.23. The Bertz CT molecular complexity index is 372. The second kappa shape index (κ2) is 5.45. The van der Waals surface area contributed by atoms with Gasteiger partial charge in [-0.2, -0.15) is 5.10 Å². The van der Waals surface area contributed by atoms with Crippen LogP contribution in [0, 0.1) is 5.41 Å². The molecule has 86 valence electrons. The molecular weight excluding hydrogens is 198 g/mol. The third-order valence-electron chi connectivity index (χ3n) is 2.24. The van der Waals surface area contributed by atoms with Crippen molar-refractivity contribution in [2.75, 3.05) is 0 Å². The lowest BCUT2D eigenvalue weighted by Crippen LogP contribution is -2.23. The molecule has 0 aliphatic carbocycles. The molecule has 0 aliphatic rings. The molecule has 1 aromatic carbocycles. The van der Waals surface area contributed by atoms with Gasteiger partial charge >= 0.3 is 0 Å². The van der Waals surface area contributed by atoms with Gasteiger partial charge in [0, 0.05) is 11.6 Å². The average molecular weight is 217 g/mol. The highest BCUT2D eigenvalue weighted by Gasteiger charge is 2.16. The average Bonchev–Trinajstić information content (AvgIpc) is 2.24. The van der Waals surface area contributed by atoms with Crippen molar-refractivity contribution in [2.45, 2.75) is 27.3 Å². The predicted molar refractivity (Wildman–Crippen MR) is 69.7 cm³/mol. The molecule has 0 saturated heterocycles. The Hall–Kier alpha value is -1.64. The number of rotatable bonds is 3. The molecule has 2 N–H and O–H groups in total. The van der Waals surface area contributed by atoms with Crippen molar-refractivity contribution in [1.82, 2.24) is 0 Å². The van der Waals surface area contributed by atoms with Crippen LogP contribution in [-0.2, 0) is 6.54 Å². The van der Waals surface area contributed by atoms with E-state index in [0.29, 0.717) is 6.54 Å². The van der Waals surface area contributed by atoms with Crippen LogP contribution in [0.1, 0.15) is 26.3 Å². The van der Waals surface area contributed by atoms with Gasteiger partial charge < -0.3 is 5.84 Å². The van der Waals surface area contributed by atoms with Crippen molar-refractivity contribution in [1.29, 1.82) is 0 Å². The molecule has 0 atom stereocenters. The summed E-state index contributed by atoms with van der Waals surface area (Å²) >= 11 is 0. The summed E-state index contributed by atoms with van der Waals surface area (Å²) in [5.41, 5.74) is 1.93.